The predicted molar refractivity (Wildman–Crippen MR) is 33.7 cm³/mol. The average Bonchev–Trinajstić information content (AvgIpc) is 2.37. The molecule has 0 spiro atoms. The van der Waals surface area contributed by atoms with Crippen molar-refractivity contribution < 1.29 is 9.90 Å². The quantitative estimate of drug-likeness (QED) is 0.591. The van der Waals surface area contributed by atoms with Crippen LogP contribution in [-0.2, 0) is 4.79 Å². The molecule has 1 aliphatic rings. The summed E-state index contributed by atoms with van der Waals surface area (Å²) in [6, 6.07) is 0. The summed E-state index contributed by atoms with van der Waals surface area (Å²) in [6.45, 7) is 0. The van der Waals surface area contributed by atoms with Crippen LogP contribution in [0.4, 0.5) is 0 Å². The minimum absolute atomic E-state index is 0.211. The van der Waals surface area contributed by atoms with Crippen molar-refractivity contribution in [2.75, 3.05) is 0 Å². The molecule has 1 saturated carbocycles. The second kappa shape index (κ2) is 2.97. The molecule has 1 rings (SSSR count). The van der Waals surface area contributed by atoms with Gasteiger partial charge in [-0.25, -0.2) is 0 Å². The molecule has 1 atom stereocenters. The molecule has 2 nitrogen and oxygen atoms in total. The van der Waals surface area contributed by atoms with Crippen LogP contribution in [0.5, 0.6) is 0 Å². The molecule has 0 aromatic carbocycles. The second-order valence-corrected chi connectivity index (χ2v) is 2.61. The van der Waals surface area contributed by atoms with E-state index in [2.05, 4.69) is 0 Å². The number of hydrogen-bond acceptors (Lipinski definition) is 2. The molecular weight excluding hydrogens is 116 g/mol. The van der Waals surface area contributed by atoms with E-state index in [1.54, 1.807) is 6.29 Å². The number of aliphatic hydroxyl groups is 1. The molecule has 0 saturated heterocycles. The van der Waals surface area contributed by atoms with Gasteiger partial charge in [0.05, 0.1) is 0 Å². The van der Waals surface area contributed by atoms with Crippen molar-refractivity contribution in [3.63, 3.8) is 0 Å². The lowest BCUT2D eigenvalue weighted by Crippen LogP contribution is -2.18. The van der Waals surface area contributed by atoms with E-state index in [9.17, 15) is 4.79 Å². The van der Waals surface area contributed by atoms with Gasteiger partial charge in [0.25, 0.3) is 0 Å². The summed E-state index contributed by atoms with van der Waals surface area (Å²) >= 11 is 0. The molecule has 9 heavy (non-hydrogen) atoms. The molecule has 2 heteroatoms. The highest BCUT2D eigenvalue weighted by molar-refractivity contribution is 5.57. The number of hydrogen-bond donors (Lipinski definition) is 1. The van der Waals surface area contributed by atoms with Gasteiger partial charge < -0.3 is 5.11 Å². The van der Waals surface area contributed by atoms with Crippen LogP contribution in [0.25, 0.3) is 0 Å². The van der Waals surface area contributed by atoms with E-state index in [1.807, 2.05) is 0 Å². The van der Waals surface area contributed by atoms with Crippen LogP contribution in [0.3, 0.4) is 0 Å². The average molecular weight is 127 g/mol. The van der Waals surface area contributed by atoms with E-state index in [0.29, 0.717) is 0 Å². The highest BCUT2D eigenvalue weighted by Crippen LogP contribution is 2.26. The van der Waals surface area contributed by atoms with Crippen LogP contribution in [0.2, 0.25) is 0 Å². The zero-order chi connectivity index (χ0) is 6.69. The lowest BCUT2D eigenvalue weighted by molar-refractivity contribution is 0.169. The van der Waals surface area contributed by atoms with Gasteiger partial charge in [-0.2, -0.15) is 0 Å². The van der Waals surface area contributed by atoms with E-state index in [0.717, 1.165) is 25.7 Å². The van der Waals surface area contributed by atoms with E-state index in [4.69, 9.17) is 5.11 Å². The third-order valence-electron chi connectivity index (χ3n) is 1.97. The van der Waals surface area contributed by atoms with Gasteiger partial charge in [0.2, 0.25) is 6.29 Å². The minimum atomic E-state index is -0.812. The van der Waals surface area contributed by atoms with Crippen LogP contribution >= 0.6 is 0 Å². The monoisotopic (exact) mass is 127 g/mol. The molecular formula is C7H11O2. The number of rotatable bonds is 2. The lowest BCUT2D eigenvalue weighted by atomic mass is 10.0. The second-order valence-electron chi connectivity index (χ2n) is 2.61. The SMILES string of the molecule is O=[C]C(O)C1CCCC1. The van der Waals surface area contributed by atoms with E-state index in [-0.39, 0.29) is 5.92 Å². The van der Waals surface area contributed by atoms with Gasteiger partial charge >= 0.3 is 0 Å². The zero-order valence-corrected chi connectivity index (χ0v) is 5.34. The standard InChI is InChI=1S/C7H11O2/c8-5-7(9)6-3-1-2-4-6/h6-7,9H,1-4H2. The maximum absolute atomic E-state index is 9.92. The van der Waals surface area contributed by atoms with Crippen molar-refractivity contribution in [2.45, 2.75) is 31.8 Å². The maximum Gasteiger partial charge on any atom is 0.229 e. The van der Waals surface area contributed by atoms with Crippen LogP contribution < -0.4 is 0 Å². The largest absolute Gasteiger partial charge is 0.385 e. The molecule has 1 unspecified atom stereocenters. The Bertz CT molecular complexity index is 95.1. The number of carbonyl (C=O) groups excluding carboxylic acids is 1. The molecule has 0 aromatic rings. The molecule has 0 bridgehead atoms. The van der Waals surface area contributed by atoms with Gasteiger partial charge in [0, 0.05) is 0 Å². The van der Waals surface area contributed by atoms with Crippen LogP contribution in [0.1, 0.15) is 25.7 Å². The van der Waals surface area contributed by atoms with Crippen molar-refractivity contribution in [2.24, 2.45) is 5.92 Å². The van der Waals surface area contributed by atoms with Gasteiger partial charge in [0.1, 0.15) is 6.10 Å². The first-order chi connectivity index (χ1) is 4.34. The number of aliphatic hydroxyl groups excluding tert-OH is 1. The fourth-order valence-corrected chi connectivity index (χ4v) is 1.37. The Morgan fingerprint density at radius 3 is 2.44 bits per heavy atom. The van der Waals surface area contributed by atoms with Gasteiger partial charge in [-0.15, -0.1) is 0 Å². The Kier molecular flexibility index (Phi) is 2.22. The molecule has 0 amide bonds. The lowest BCUT2D eigenvalue weighted by Gasteiger charge is -2.08. The van der Waals surface area contributed by atoms with E-state index >= 15 is 0 Å². The van der Waals surface area contributed by atoms with Gasteiger partial charge in [-0.1, -0.05) is 12.8 Å². The normalized spacial score (nSPS) is 24.1. The Labute approximate surface area is 54.9 Å². The van der Waals surface area contributed by atoms with E-state index in [1.165, 1.54) is 0 Å². The molecule has 0 aliphatic heterocycles. The molecule has 0 heterocycles. The van der Waals surface area contributed by atoms with Crippen LogP contribution in [0.15, 0.2) is 0 Å². The molecule has 1 aliphatic carbocycles. The van der Waals surface area contributed by atoms with Gasteiger partial charge in [-0.3, -0.25) is 4.79 Å². The Morgan fingerprint density at radius 2 is 2.00 bits per heavy atom. The first-order valence-electron chi connectivity index (χ1n) is 3.40. The third kappa shape index (κ3) is 1.52. The smallest absolute Gasteiger partial charge is 0.229 e. The molecule has 1 fully saturated rings. The summed E-state index contributed by atoms with van der Waals surface area (Å²) in [4.78, 5) is 9.92. The minimum Gasteiger partial charge on any atom is -0.385 e. The van der Waals surface area contributed by atoms with Crippen molar-refractivity contribution in [1.82, 2.24) is 0 Å². The highest BCUT2D eigenvalue weighted by Gasteiger charge is 2.22. The summed E-state index contributed by atoms with van der Waals surface area (Å²) in [5.41, 5.74) is 0. The van der Waals surface area contributed by atoms with Gasteiger partial charge in [0.15, 0.2) is 0 Å². The molecule has 51 valence electrons. The Morgan fingerprint density at radius 1 is 1.44 bits per heavy atom. The summed E-state index contributed by atoms with van der Waals surface area (Å²) in [5, 5.41) is 8.93. The van der Waals surface area contributed by atoms with Crippen molar-refractivity contribution in [3.8, 4) is 0 Å². The topological polar surface area (TPSA) is 37.3 Å². The highest BCUT2D eigenvalue weighted by atomic mass is 16.3. The first-order valence-corrected chi connectivity index (χ1v) is 3.40. The molecule has 0 aromatic heterocycles. The van der Waals surface area contributed by atoms with Crippen LogP contribution in [-0.4, -0.2) is 17.5 Å². The van der Waals surface area contributed by atoms with Gasteiger partial charge in [-0.05, 0) is 18.8 Å². The fourth-order valence-electron chi connectivity index (χ4n) is 1.37. The molecule has 1 N–H and O–H groups in total. The maximum atomic E-state index is 9.92. The Balaban J connectivity index is 2.32. The third-order valence-corrected chi connectivity index (χ3v) is 1.97. The summed E-state index contributed by atoms with van der Waals surface area (Å²) in [7, 11) is 0. The van der Waals surface area contributed by atoms with Crippen molar-refractivity contribution in [1.29, 1.82) is 0 Å². The van der Waals surface area contributed by atoms with Crippen LogP contribution in [0, 0.1) is 5.92 Å². The summed E-state index contributed by atoms with van der Waals surface area (Å²) in [6.07, 6.45) is 5.11. The van der Waals surface area contributed by atoms with Crippen molar-refractivity contribution in [3.05, 3.63) is 0 Å². The predicted octanol–water partition coefficient (Wildman–Crippen LogP) is 0.647. The first kappa shape index (κ1) is 6.75. The summed E-state index contributed by atoms with van der Waals surface area (Å²) in [5.74, 6) is 0.211. The Hall–Kier alpha value is -0.370. The van der Waals surface area contributed by atoms with Crippen molar-refractivity contribution >= 4 is 6.29 Å². The summed E-state index contributed by atoms with van der Waals surface area (Å²) < 4.78 is 0. The zero-order valence-electron chi connectivity index (χ0n) is 5.34. The molecule has 1 radical (unpaired) electrons. The van der Waals surface area contributed by atoms with E-state index < -0.39 is 6.10 Å². The fraction of sp³-hybridized carbons (Fsp3) is 0.857.